The van der Waals surface area contributed by atoms with Crippen LogP contribution in [0, 0.1) is 17.8 Å². The number of nitrogens with zero attached hydrogens (tertiary/aromatic N) is 1. The molecular weight excluding hydrogens is 462 g/mol. The van der Waals surface area contributed by atoms with Crippen molar-refractivity contribution in [1.29, 1.82) is 0 Å². The van der Waals surface area contributed by atoms with E-state index in [-0.39, 0.29) is 17.9 Å². The van der Waals surface area contributed by atoms with E-state index in [9.17, 15) is 15.3 Å². The van der Waals surface area contributed by atoms with Crippen LogP contribution in [0.1, 0.15) is 36.0 Å². The molecule has 0 spiro atoms. The molecule has 0 radical (unpaired) electrons. The highest BCUT2D eigenvalue weighted by Crippen LogP contribution is 2.82. The van der Waals surface area contributed by atoms with E-state index in [1.807, 2.05) is 42.5 Å². The lowest BCUT2D eigenvalue weighted by atomic mass is 9.87. The number of ether oxygens (including phenoxy) is 1. The topological polar surface area (TPSA) is 73.2 Å². The Kier molecular flexibility index (Phi) is 6.53. The third-order valence-corrected chi connectivity index (χ3v) is 8.64. The fraction of sp³-hybridized carbons (Fsp3) is 0.375. The van der Waals surface area contributed by atoms with Gasteiger partial charge in [-0.2, -0.15) is 0 Å². The van der Waals surface area contributed by atoms with E-state index in [1.165, 1.54) is 0 Å². The summed E-state index contributed by atoms with van der Waals surface area (Å²) in [6.07, 6.45) is 2.36. The van der Waals surface area contributed by atoms with Crippen molar-refractivity contribution in [2.75, 3.05) is 32.9 Å². The summed E-state index contributed by atoms with van der Waals surface area (Å²) < 4.78 is 6.08. The Labute approximate surface area is 218 Å². The van der Waals surface area contributed by atoms with Gasteiger partial charge in [-0.1, -0.05) is 54.6 Å². The molecule has 3 N–H and O–H groups in total. The van der Waals surface area contributed by atoms with Crippen LogP contribution in [0.15, 0.2) is 78.9 Å². The van der Waals surface area contributed by atoms with E-state index in [0.717, 1.165) is 77.3 Å². The number of fused-ring (bicyclic) bond motifs is 1. The molecule has 2 bridgehead atoms. The third-order valence-electron chi connectivity index (χ3n) is 8.64. The van der Waals surface area contributed by atoms with Crippen molar-refractivity contribution in [1.82, 2.24) is 4.90 Å². The molecule has 7 rings (SSSR count). The lowest BCUT2D eigenvalue weighted by Crippen LogP contribution is -2.39. The van der Waals surface area contributed by atoms with E-state index in [0.29, 0.717) is 19.6 Å². The molecule has 0 amide bonds. The van der Waals surface area contributed by atoms with Gasteiger partial charge < -0.3 is 20.1 Å². The van der Waals surface area contributed by atoms with Crippen LogP contribution in [0.3, 0.4) is 0 Å². The summed E-state index contributed by atoms with van der Waals surface area (Å²) >= 11 is 0. The summed E-state index contributed by atoms with van der Waals surface area (Å²) in [5.74, 6) is 3.49. The molecular formula is C32H35NO4. The maximum absolute atomic E-state index is 9.88. The maximum Gasteiger partial charge on any atom is 0.119 e. The van der Waals surface area contributed by atoms with Gasteiger partial charge in [0.05, 0.1) is 18.8 Å². The Morgan fingerprint density at radius 3 is 2.16 bits per heavy atom. The van der Waals surface area contributed by atoms with Crippen molar-refractivity contribution in [2.24, 2.45) is 17.8 Å². The van der Waals surface area contributed by atoms with Crippen molar-refractivity contribution in [3.05, 3.63) is 95.6 Å². The molecule has 4 fully saturated rings. The standard InChI is InChI=1S/C32H35NO4/c34-18-4-8-27(22-6-2-1-3-7-22)29(23-9-13-25(36)14-10-23)24-11-15-26(16-12-24)37-19-5-17-33-20-28-30-31(28)32(30,33)21-35/h1-3,6-7,9-16,28,30-31,34-36H,4-5,8,17-21H2/b29-27-/t28-,30+,31?,32+/m1/s1. The van der Waals surface area contributed by atoms with E-state index < -0.39 is 0 Å². The summed E-state index contributed by atoms with van der Waals surface area (Å²) in [6, 6.07) is 25.9. The second-order valence-electron chi connectivity index (χ2n) is 10.6. The Morgan fingerprint density at radius 1 is 0.838 bits per heavy atom. The number of aliphatic hydroxyl groups is 2. The average molecular weight is 498 g/mol. The number of hydrogen-bond acceptors (Lipinski definition) is 5. The van der Waals surface area contributed by atoms with Crippen LogP contribution in [0.25, 0.3) is 11.1 Å². The van der Waals surface area contributed by atoms with Crippen molar-refractivity contribution >= 4 is 11.1 Å². The Hall–Kier alpha value is -3.12. The lowest BCUT2D eigenvalue weighted by Gasteiger charge is -2.25. The first-order valence-corrected chi connectivity index (χ1v) is 13.5. The molecule has 4 aliphatic rings. The van der Waals surface area contributed by atoms with E-state index >= 15 is 0 Å². The summed E-state index contributed by atoms with van der Waals surface area (Å²) in [4.78, 5) is 2.49. The number of aliphatic hydroxyl groups excluding tert-OH is 2. The van der Waals surface area contributed by atoms with E-state index in [1.54, 1.807) is 12.1 Å². The second kappa shape index (κ2) is 9.97. The number of phenolic OH excluding ortho intramolecular Hbond substituents is 1. The number of benzene rings is 3. The molecule has 3 aromatic carbocycles. The number of aromatic hydroxyl groups is 1. The highest BCUT2D eigenvalue weighted by molar-refractivity contribution is 5.98. The van der Waals surface area contributed by atoms with Crippen LogP contribution in [-0.2, 0) is 0 Å². The Balaban J connectivity index is 1.19. The number of allylic oxidation sites excluding steroid dienone is 1. The zero-order chi connectivity index (χ0) is 25.4. The first-order chi connectivity index (χ1) is 18.2. The third kappa shape index (κ3) is 4.35. The zero-order valence-corrected chi connectivity index (χ0v) is 21.1. The van der Waals surface area contributed by atoms with Gasteiger partial charge in [-0.15, -0.1) is 0 Å². The van der Waals surface area contributed by atoms with Gasteiger partial charge in [-0.25, -0.2) is 0 Å². The Bertz CT molecular complexity index is 1240. The van der Waals surface area contributed by atoms with E-state index in [2.05, 4.69) is 29.2 Å². The van der Waals surface area contributed by atoms with Crippen LogP contribution in [0.4, 0.5) is 0 Å². The van der Waals surface area contributed by atoms with Crippen LogP contribution in [0.5, 0.6) is 11.5 Å². The molecule has 5 heteroatoms. The first-order valence-electron chi connectivity index (χ1n) is 13.5. The summed E-state index contributed by atoms with van der Waals surface area (Å²) in [6.45, 7) is 3.23. The first kappa shape index (κ1) is 24.2. The minimum absolute atomic E-state index is 0.130. The largest absolute Gasteiger partial charge is 0.508 e. The molecule has 2 heterocycles. The van der Waals surface area contributed by atoms with Gasteiger partial charge >= 0.3 is 0 Å². The molecule has 1 unspecified atom stereocenters. The van der Waals surface area contributed by atoms with Crippen LogP contribution in [-0.4, -0.2) is 58.7 Å². The lowest BCUT2D eigenvalue weighted by molar-refractivity contribution is 0.116. The van der Waals surface area contributed by atoms with Crippen molar-refractivity contribution in [2.45, 2.75) is 24.8 Å². The Morgan fingerprint density at radius 2 is 1.51 bits per heavy atom. The molecule has 2 saturated carbocycles. The highest BCUT2D eigenvalue weighted by Gasteiger charge is 2.89. The van der Waals surface area contributed by atoms with Gasteiger partial charge in [0.25, 0.3) is 0 Å². The highest BCUT2D eigenvalue weighted by atomic mass is 16.5. The molecule has 192 valence electrons. The van der Waals surface area contributed by atoms with Crippen molar-refractivity contribution in [3.63, 3.8) is 0 Å². The molecule has 2 aliphatic heterocycles. The van der Waals surface area contributed by atoms with Gasteiger partial charge in [0, 0.05) is 19.7 Å². The SMILES string of the molecule is OCCC/C(=C(\c1ccc(O)cc1)c1ccc(OCCCN2C[C@H]3C4[C@H]3[C@@]42CO)cc1)c1ccccc1. The monoisotopic (exact) mass is 497 g/mol. The minimum Gasteiger partial charge on any atom is -0.508 e. The molecule has 0 aromatic heterocycles. The van der Waals surface area contributed by atoms with Gasteiger partial charge in [0.2, 0.25) is 0 Å². The number of rotatable bonds is 12. The second-order valence-corrected chi connectivity index (χ2v) is 10.6. The van der Waals surface area contributed by atoms with Crippen LogP contribution >= 0.6 is 0 Å². The molecule has 37 heavy (non-hydrogen) atoms. The quantitative estimate of drug-likeness (QED) is 0.247. The number of hydrogen-bond donors (Lipinski definition) is 3. The summed E-state index contributed by atoms with van der Waals surface area (Å²) in [5, 5.41) is 29.3. The minimum atomic E-state index is 0.130. The predicted molar refractivity (Wildman–Crippen MR) is 145 cm³/mol. The fourth-order valence-electron chi connectivity index (χ4n) is 6.78. The fourth-order valence-corrected chi connectivity index (χ4v) is 6.78. The molecule has 5 nitrogen and oxygen atoms in total. The van der Waals surface area contributed by atoms with E-state index in [4.69, 9.17) is 4.74 Å². The van der Waals surface area contributed by atoms with Gasteiger partial charge in [0.15, 0.2) is 0 Å². The number of phenols is 1. The summed E-state index contributed by atoms with van der Waals surface area (Å²) in [7, 11) is 0. The number of piperidine rings is 1. The van der Waals surface area contributed by atoms with Crippen LogP contribution in [0.2, 0.25) is 0 Å². The van der Waals surface area contributed by atoms with Gasteiger partial charge in [0.1, 0.15) is 11.5 Å². The predicted octanol–water partition coefficient (Wildman–Crippen LogP) is 4.82. The summed E-state index contributed by atoms with van der Waals surface area (Å²) in [5.41, 5.74) is 5.61. The molecule has 4 atom stereocenters. The smallest absolute Gasteiger partial charge is 0.119 e. The molecule has 3 aromatic rings. The zero-order valence-electron chi connectivity index (χ0n) is 21.1. The molecule has 2 aliphatic carbocycles. The van der Waals surface area contributed by atoms with Gasteiger partial charge in [-0.3, -0.25) is 4.90 Å². The molecule has 2 saturated heterocycles. The van der Waals surface area contributed by atoms with Crippen LogP contribution < -0.4 is 4.74 Å². The van der Waals surface area contributed by atoms with Crippen molar-refractivity contribution < 1.29 is 20.1 Å². The van der Waals surface area contributed by atoms with Crippen molar-refractivity contribution in [3.8, 4) is 11.5 Å². The maximum atomic E-state index is 9.88. The normalized spacial score (nSPS) is 25.9. The average Bonchev–Trinajstić information content (AvgIpc) is 3.77. The van der Waals surface area contributed by atoms with Gasteiger partial charge in [-0.05, 0) is 89.1 Å².